The lowest BCUT2D eigenvalue weighted by atomic mass is 10.1. The smallest absolute Gasteiger partial charge is 0.172 e. The number of rotatable bonds is 5. The molecule has 3 N–H and O–H groups in total. The number of halogens is 1. The standard InChI is InChI=1S/C14H20BrNO3/c1-19-13-6-10(5-12(15)14(13)18)8-16-7-9-2-3-11(17)4-9/h5-6,9,11,16-18H,2-4,7-8H2,1H3. The Morgan fingerprint density at radius 2 is 2.21 bits per heavy atom. The van der Waals surface area contributed by atoms with E-state index in [0.29, 0.717) is 16.1 Å². The molecule has 19 heavy (non-hydrogen) atoms. The monoisotopic (exact) mass is 329 g/mol. The minimum absolute atomic E-state index is 0.116. The Bertz CT molecular complexity index is 439. The molecule has 1 fully saturated rings. The first-order chi connectivity index (χ1) is 9.10. The lowest BCUT2D eigenvalue weighted by Crippen LogP contribution is -2.21. The number of hydrogen-bond acceptors (Lipinski definition) is 4. The summed E-state index contributed by atoms with van der Waals surface area (Å²) in [4.78, 5) is 0. The van der Waals surface area contributed by atoms with Crippen LogP contribution in [0.15, 0.2) is 16.6 Å². The first kappa shape index (κ1) is 14.6. The molecule has 0 spiro atoms. The Morgan fingerprint density at radius 3 is 2.84 bits per heavy atom. The van der Waals surface area contributed by atoms with E-state index in [0.717, 1.165) is 37.9 Å². The predicted molar refractivity (Wildman–Crippen MR) is 77.4 cm³/mol. The van der Waals surface area contributed by atoms with Crippen LogP contribution >= 0.6 is 15.9 Å². The maximum absolute atomic E-state index is 9.73. The minimum atomic E-state index is -0.116. The van der Waals surface area contributed by atoms with E-state index in [2.05, 4.69) is 21.2 Å². The van der Waals surface area contributed by atoms with Crippen molar-refractivity contribution in [3.63, 3.8) is 0 Å². The predicted octanol–water partition coefficient (Wildman–Crippen LogP) is 2.41. The number of aliphatic hydroxyl groups is 1. The first-order valence-electron chi connectivity index (χ1n) is 6.54. The molecule has 0 radical (unpaired) electrons. The third kappa shape index (κ3) is 3.84. The van der Waals surface area contributed by atoms with Crippen molar-refractivity contribution >= 4 is 15.9 Å². The highest BCUT2D eigenvalue weighted by molar-refractivity contribution is 9.10. The average Bonchev–Trinajstić information content (AvgIpc) is 2.79. The summed E-state index contributed by atoms with van der Waals surface area (Å²) in [6.45, 7) is 1.64. The molecule has 1 saturated carbocycles. The van der Waals surface area contributed by atoms with Crippen molar-refractivity contribution in [2.24, 2.45) is 5.92 Å². The lowest BCUT2D eigenvalue weighted by molar-refractivity contribution is 0.177. The second-order valence-electron chi connectivity index (χ2n) is 5.09. The Kier molecular flexibility index (Phi) is 5.07. The van der Waals surface area contributed by atoms with Crippen molar-refractivity contribution in [3.05, 3.63) is 22.2 Å². The molecule has 1 aromatic carbocycles. The highest BCUT2D eigenvalue weighted by Gasteiger charge is 2.22. The number of aliphatic hydroxyl groups excluding tert-OH is 1. The van der Waals surface area contributed by atoms with E-state index in [1.807, 2.05) is 12.1 Å². The van der Waals surface area contributed by atoms with Gasteiger partial charge in [-0.2, -0.15) is 0 Å². The molecule has 0 heterocycles. The van der Waals surface area contributed by atoms with E-state index in [-0.39, 0.29) is 11.9 Å². The van der Waals surface area contributed by atoms with Gasteiger partial charge in [0.05, 0.1) is 17.7 Å². The average molecular weight is 330 g/mol. The van der Waals surface area contributed by atoms with E-state index in [1.54, 1.807) is 7.11 Å². The Hall–Kier alpha value is -0.780. The third-order valence-electron chi connectivity index (χ3n) is 3.58. The van der Waals surface area contributed by atoms with E-state index in [1.165, 1.54) is 0 Å². The first-order valence-corrected chi connectivity index (χ1v) is 7.33. The fraction of sp³-hybridized carbons (Fsp3) is 0.571. The molecule has 0 aliphatic heterocycles. The van der Waals surface area contributed by atoms with E-state index < -0.39 is 0 Å². The van der Waals surface area contributed by atoms with Gasteiger partial charge in [0.25, 0.3) is 0 Å². The molecule has 1 aromatic rings. The van der Waals surface area contributed by atoms with Crippen molar-refractivity contribution < 1.29 is 14.9 Å². The number of aromatic hydroxyl groups is 1. The van der Waals surface area contributed by atoms with Crippen molar-refractivity contribution in [2.75, 3.05) is 13.7 Å². The number of hydrogen-bond donors (Lipinski definition) is 3. The SMILES string of the molecule is COc1cc(CNCC2CCC(O)C2)cc(Br)c1O. The Balaban J connectivity index is 1.87. The zero-order chi connectivity index (χ0) is 13.8. The van der Waals surface area contributed by atoms with Gasteiger partial charge in [0, 0.05) is 6.54 Å². The van der Waals surface area contributed by atoms with Crippen LogP contribution in [0.4, 0.5) is 0 Å². The van der Waals surface area contributed by atoms with Gasteiger partial charge >= 0.3 is 0 Å². The molecule has 4 nitrogen and oxygen atoms in total. The van der Waals surface area contributed by atoms with Crippen LogP contribution in [0.2, 0.25) is 0 Å². The minimum Gasteiger partial charge on any atom is -0.503 e. The summed E-state index contributed by atoms with van der Waals surface area (Å²) < 4.78 is 5.76. The van der Waals surface area contributed by atoms with E-state index in [9.17, 15) is 10.2 Å². The highest BCUT2D eigenvalue weighted by Crippen LogP contribution is 2.35. The third-order valence-corrected chi connectivity index (χ3v) is 4.19. The van der Waals surface area contributed by atoms with E-state index >= 15 is 0 Å². The maximum Gasteiger partial charge on any atom is 0.172 e. The number of ether oxygens (including phenoxy) is 1. The molecular formula is C14H20BrNO3. The summed E-state index contributed by atoms with van der Waals surface area (Å²) in [5.74, 6) is 1.17. The fourth-order valence-corrected chi connectivity index (χ4v) is 3.03. The zero-order valence-electron chi connectivity index (χ0n) is 11.0. The van der Waals surface area contributed by atoms with Gasteiger partial charge in [0.2, 0.25) is 0 Å². The molecule has 1 aliphatic rings. The topological polar surface area (TPSA) is 61.7 Å². The summed E-state index contributed by atoms with van der Waals surface area (Å²) in [6, 6.07) is 3.71. The van der Waals surface area contributed by atoms with Crippen LogP contribution < -0.4 is 10.1 Å². The number of phenolic OH excluding ortho intramolecular Hbond substituents is 1. The normalized spacial score (nSPS) is 22.7. The molecule has 2 atom stereocenters. The van der Waals surface area contributed by atoms with Gasteiger partial charge in [-0.3, -0.25) is 0 Å². The molecule has 0 saturated heterocycles. The van der Waals surface area contributed by atoms with Gasteiger partial charge in [-0.1, -0.05) is 0 Å². The van der Waals surface area contributed by atoms with Crippen molar-refractivity contribution in [1.29, 1.82) is 0 Å². The molecular weight excluding hydrogens is 310 g/mol. The quantitative estimate of drug-likeness (QED) is 0.776. The van der Waals surface area contributed by atoms with Crippen LogP contribution in [0.5, 0.6) is 11.5 Å². The number of benzene rings is 1. The second kappa shape index (κ2) is 6.59. The van der Waals surface area contributed by atoms with Gasteiger partial charge in [-0.15, -0.1) is 0 Å². The number of phenols is 1. The molecule has 0 amide bonds. The van der Waals surface area contributed by atoms with Gasteiger partial charge in [-0.25, -0.2) is 0 Å². The van der Waals surface area contributed by atoms with Crippen LogP contribution in [0, 0.1) is 5.92 Å². The van der Waals surface area contributed by atoms with Gasteiger partial charge in [0.1, 0.15) is 0 Å². The summed E-state index contributed by atoms with van der Waals surface area (Å²) in [5.41, 5.74) is 1.06. The van der Waals surface area contributed by atoms with Crippen LogP contribution in [0.25, 0.3) is 0 Å². The van der Waals surface area contributed by atoms with Crippen molar-refractivity contribution in [3.8, 4) is 11.5 Å². The van der Waals surface area contributed by atoms with Crippen molar-refractivity contribution in [2.45, 2.75) is 31.9 Å². The molecule has 2 rings (SSSR count). The van der Waals surface area contributed by atoms with Gasteiger partial charge in [0.15, 0.2) is 11.5 Å². The number of methoxy groups -OCH3 is 1. The highest BCUT2D eigenvalue weighted by atomic mass is 79.9. The largest absolute Gasteiger partial charge is 0.503 e. The van der Waals surface area contributed by atoms with E-state index in [4.69, 9.17) is 4.74 Å². The molecule has 0 bridgehead atoms. The summed E-state index contributed by atoms with van der Waals surface area (Å²) in [7, 11) is 1.54. The molecule has 1 aliphatic carbocycles. The summed E-state index contributed by atoms with van der Waals surface area (Å²) in [6.07, 6.45) is 2.80. The summed E-state index contributed by atoms with van der Waals surface area (Å²) >= 11 is 3.31. The second-order valence-corrected chi connectivity index (χ2v) is 5.95. The Labute approximate surface area is 121 Å². The molecule has 0 aromatic heterocycles. The number of nitrogens with one attached hydrogen (secondary N) is 1. The zero-order valence-corrected chi connectivity index (χ0v) is 12.6. The lowest BCUT2D eigenvalue weighted by Gasteiger charge is -2.12. The summed E-state index contributed by atoms with van der Waals surface area (Å²) in [5, 5.41) is 22.6. The molecule has 2 unspecified atom stereocenters. The van der Waals surface area contributed by atoms with Crippen LogP contribution in [-0.4, -0.2) is 30.0 Å². The van der Waals surface area contributed by atoms with Gasteiger partial charge < -0.3 is 20.3 Å². The fourth-order valence-electron chi connectivity index (χ4n) is 2.54. The van der Waals surface area contributed by atoms with Crippen LogP contribution in [0.1, 0.15) is 24.8 Å². The Morgan fingerprint density at radius 1 is 1.42 bits per heavy atom. The van der Waals surface area contributed by atoms with Crippen LogP contribution in [0.3, 0.4) is 0 Å². The maximum atomic E-state index is 9.73. The molecule has 5 heteroatoms. The van der Waals surface area contributed by atoms with Gasteiger partial charge in [-0.05, 0) is 65.4 Å². The van der Waals surface area contributed by atoms with Crippen molar-refractivity contribution in [1.82, 2.24) is 5.32 Å². The molecule has 106 valence electrons. The van der Waals surface area contributed by atoms with Crippen LogP contribution in [-0.2, 0) is 6.54 Å².